The van der Waals surface area contributed by atoms with Crippen LogP contribution in [0.25, 0.3) is 5.70 Å². The maximum atomic E-state index is 10.3. The Labute approximate surface area is 144 Å². The van der Waals surface area contributed by atoms with Crippen LogP contribution in [0, 0.1) is 34.5 Å². The van der Waals surface area contributed by atoms with Gasteiger partial charge >= 0.3 is 0 Å². The van der Waals surface area contributed by atoms with E-state index in [2.05, 4.69) is 30.2 Å². The molecule has 4 aliphatic carbocycles. The van der Waals surface area contributed by atoms with Gasteiger partial charge in [-0.1, -0.05) is 25.1 Å². The SMILES string of the molecule is C[C@]12CC(O)CC1CCC1C2CC[C@]2(C)C(n3ccnn3)=CCC12. The van der Waals surface area contributed by atoms with Crippen molar-refractivity contribution >= 4 is 5.70 Å². The Balaban J connectivity index is 1.47. The van der Waals surface area contributed by atoms with Crippen molar-refractivity contribution in [1.29, 1.82) is 0 Å². The van der Waals surface area contributed by atoms with Gasteiger partial charge in [-0.05, 0) is 74.0 Å². The van der Waals surface area contributed by atoms with Gasteiger partial charge in [0.2, 0.25) is 0 Å². The predicted molar refractivity (Wildman–Crippen MR) is 92.8 cm³/mol. The van der Waals surface area contributed by atoms with Crippen molar-refractivity contribution < 1.29 is 5.11 Å². The van der Waals surface area contributed by atoms with Crippen molar-refractivity contribution in [2.45, 2.75) is 64.9 Å². The van der Waals surface area contributed by atoms with Crippen LogP contribution in [0.5, 0.6) is 0 Å². The molecule has 0 aliphatic heterocycles. The number of aliphatic hydroxyl groups excluding tert-OH is 1. The summed E-state index contributed by atoms with van der Waals surface area (Å²) in [6.45, 7) is 4.96. The fourth-order valence-electron chi connectivity index (χ4n) is 7.40. The van der Waals surface area contributed by atoms with E-state index in [-0.39, 0.29) is 11.5 Å². The summed E-state index contributed by atoms with van der Waals surface area (Å²) in [4.78, 5) is 0. The minimum Gasteiger partial charge on any atom is -0.393 e. The summed E-state index contributed by atoms with van der Waals surface area (Å²) < 4.78 is 2.01. The number of nitrogens with zero attached hydrogens (tertiary/aromatic N) is 3. The van der Waals surface area contributed by atoms with E-state index >= 15 is 0 Å². The molecule has 0 aromatic carbocycles. The lowest BCUT2D eigenvalue weighted by molar-refractivity contribution is -0.0668. The Bertz CT molecular complexity index is 668. The highest BCUT2D eigenvalue weighted by atomic mass is 16.3. The van der Waals surface area contributed by atoms with Crippen LogP contribution in [0.1, 0.15) is 58.8 Å². The van der Waals surface area contributed by atoms with Crippen molar-refractivity contribution in [2.24, 2.45) is 34.5 Å². The van der Waals surface area contributed by atoms with E-state index in [0.29, 0.717) is 5.41 Å². The first-order chi connectivity index (χ1) is 11.5. The van der Waals surface area contributed by atoms with Crippen LogP contribution < -0.4 is 0 Å². The molecule has 3 fully saturated rings. The number of aromatic nitrogens is 3. The average Bonchev–Trinajstić information content (AvgIpc) is 3.22. The number of hydrogen-bond donors (Lipinski definition) is 1. The fraction of sp³-hybridized carbons (Fsp3) is 0.800. The summed E-state index contributed by atoms with van der Waals surface area (Å²) in [5, 5.41) is 18.6. The van der Waals surface area contributed by atoms with Gasteiger partial charge in [0.15, 0.2) is 0 Å². The largest absolute Gasteiger partial charge is 0.393 e. The predicted octanol–water partition coefficient (Wildman–Crippen LogP) is 3.74. The van der Waals surface area contributed by atoms with Gasteiger partial charge in [0.25, 0.3) is 0 Å². The third kappa shape index (κ3) is 1.84. The van der Waals surface area contributed by atoms with Crippen LogP contribution in [0.15, 0.2) is 18.5 Å². The lowest BCUT2D eigenvalue weighted by Crippen LogP contribution is -2.50. The lowest BCUT2D eigenvalue weighted by atomic mass is 9.48. The Hall–Kier alpha value is -1.16. The van der Waals surface area contributed by atoms with Gasteiger partial charge < -0.3 is 5.11 Å². The summed E-state index contributed by atoms with van der Waals surface area (Å²) in [7, 11) is 0. The molecule has 0 spiro atoms. The molecular weight excluding hydrogens is 298 g/mol. The number of rotatable bonds is 1. The Morgan fingerprint density at radius 3 is 2.88 bits per heavy atom. The van der Waals surface area contributed by atoms with Crippen molar-refractivity contribution in [3.8, 4) is 0 Å². The summed E-state index contributed by atoms with van der Waals surface area (Å²) in [5.74, 6) is 3.11. The molecule has 0 bridgehead atoms. The second-order valence-corrected chi connectivity index (χ2v) is 9.38. The Morgan fingerprint density at radius 2 is 2.08 bits per heavy atom. The molecule has 0 amide bonds. The van der Waals surface area contributed by atoms with Gasteiger partial charge in [0.1, 0.15) is 0 Å². The van der Waals surface area contributed by atoms with Crippen LogP contribution in [-0.4, -0.2) is 26.2 Å². The third-order valence-electron chi connectivity index (χ3n) is 8.51. The van der Waals surface area contributed by atoms with Crippen molar-refractivity contribution in [1.82, 2.24) is 15.0 Å². The summed E-state index contributed by atoms with van der Waals surface area (Å²) in [6.07, 6.45) is 14.7. The third-order valence-corrected chi connectivity index (χ3v) is 8.51. The number of aliphatic hydroxyl groups is 1. The molecule has 1 heterocycles. The molecule has 0 saturated heterocycles. The first-order valence-corrected chi connectivity index (χ1v) is 9.78. The average molecular weight is 327 g/mol. The highest BCUT2D eigenvalue weighted by molar-refractivity contribution is 5.55. The lowest BCUT2D eigenvalue weighted by Gasteiger charge is -2.57. The van der Waals surface area contributed by atoms with E-state index < -0.39 is 0 Å². The zero-order valence-electron chi connectivity index (χ0n) is 14.9. The molecule has 4 aliphatic rings. The van der Waals surface area contributed by atoms with Crippen molar-refractivity contribution in [3.05, 3.63) is 18.5 Å². The molecule has 7 atom stereocenters. The minimum absolute atomic E-state index is 0.0560. The summed E-state index contributed by atoms with van der Waals surface area (Å²) >= 11 is 0. The first kappa shape index (κ1) is 15.1. The van der Waals surface area contributed by atoms with E-state index in [1.807, 2.05) is 10.9 Å². The number of allylic oxidation sites excluding steroid dienone is 2. The zero-order valence-corrected chi connectivity index (χ0v) is 14.9. The number of hydrogen-bond acceptors (Lipinski definition) is 3. The van der Waals surface area contributed by atoms with E-state index in [1.165, 1.54) is 37.8 Å². The van der Waals surface area contributed by atoms with Crippen molar-refractivity contribution in [3.63, 3.8) is 0 Å². The standard InChI is InChI=1S/C20H29N3O/c1-19-8-7-17-15(4-3-13-11-14(24)12-20(13,17)2)16(19)5-6-18(19)23-10-9-21-22-23/h6,9-10,13-17,24H,3-5,7-8,11-12H2,1-2H3/t13?,14?,15?,16?,17?,19-,20-/m0/s1. The molecule has 4 heteroatoms. The van der Waals surface area contributed by atoms with Gasteiger partial charge in [-0.15, -0.1) is 5.10 Å². The van der Waals surface area contributed by atoms with E-state index in [9.17, 15) is 5.11 Å². The highest BCUT2D eigenvalue weighted by Crippen LogP contribution is 2.67. The van der Waals surface area contributed by atoms with Gasteiger partial charge in [0.05, 0.1) is 18.5 Å². The van der Waals surface area contributed by atoms with Gasteiger partial charge in [-0.2, -0.15) is 0 Å². The molecule has 1 aromatic rings. The molecule has 130 valence electrons. The number of fused-ring (bicyclic) bond motifs is 5. The summed E-state index contributed by atoms with van der Waals surface area (Å²) in [6, 6.07) is 0. The molecule has 4 nitrogen and oxygen atoms in total. The van der Waals surface area contributed by atoms with Gasteiger partial charge in [-0.25, -0.2) is 4.68 Å². The molecule has 1 aromatic heterocycles. The topological polar surface area (TPSA) is 50.9 Å². The molecule has 0 radical (unpaired) electrons. The van der Waals surface area contributed by atoms with E-state index in [4.69, 9.17) is 0 Å². The quantitative estimate of drug-likeness (QED) is 0.855. The maximum Gasteiger partial charge on any atom is 0.0697 e. The maximum absolute atomic E-state index is 10.3. The monoisotopic (exact) mass is 327 g/mol. The van der Waals surface area contributed by atoms with Gasteiger partial charge in [-0.3, -0.25) is 0 Å². The smallest absolute Gasteiger partial charge is 0.0697 e. The molecule has 5 unspecified atom stereocenters. The van der Waals surface area contributed by atoms with Crippen LogP contribution >= 0.6 is 0 Å². The molecule has 3 saturated carbocycles. The molecule has 24 heavy (non-hydrogen) atoms. The first-order valence-electron chi connectivity index (χ1n) is 9.78. The fourth-order valence-corrected chi connectivity index (χ4v) is 7.40. The van der Waals surface area contributed by atoms with Crippen LogP contribution in [0.3, 0.4) is 0 Å². The zero-order chi connectivity index (χ0) is 16.5. The second kappa shape index (κ2) is 4.94. The molecular formula is C20H29N3O. The van der Waals surface area contributed by atoms with E-state index in [0.717, 1.165) is 36.5 Å². The Kier molecular flexibility index (Phi) is 3.11. The second-order valence-electron chi connectivity index (χ2n) is 9.38. The normalized spacial score (nSPS) is 50.1. The highest BCUT2D eigenvalue weighted by Gasteiger charge is 2.60. The van der Waals surface area contributed by atoms with Crippen LogP contribution in [0.4, 0.5) is 0 Å². The summed E-state index contributed by atoms with van der Waals surface area (Å²) in [5.41, 5.74) is 2.00. The molecule has 1 N–H and O–H groups in total. The van der Waals surface area contributed by atoms with E-state index in [1.54, 1.807) is 6.20 Å². The van der Waals surface area contributed by atoms with Crippen molar-refractivity contribution in [2.75, 3.05) is 0 Å². The Morgan fingerprint density at radius 1 is 1.21 bits per heavy atom. The minimum atomic E-state index is -0.0560. The van der Waals surface area contributed by atoms with Crippen LogP contribution in [0.2, 0.25) is 0 Å². The molecule has 5 rings (SSSR count). The van der Waals surface area contributed by atoms with Crippen LogP contribution in [-0.2, 0) is 0 Å². The van der Waals surface area contributed by atoms with Gasteiger partial charge in [0, 0.05) is 11.1 Å².